The molecular weight excluding hydrogens is 1230 g/mol. The first-order valence-electron chi connectivity index (χ1n) is 28.1. The highest BCUT2D eigenvalue weighted by atomic mass is 35.5. The molecule has 1 unspecified atom stereocenters. The monoisotopic (exact) mass is 1310 g/mol. The molecule has 19 heteroatoms. The molecule has 0 saturated heterocycles. The Kier molecular flexibility index (Phi) is 37.2. The molecule has 0 fully saturated rings. The van der Waals surface area contributed by atoms with Crippen molar-refractivity contribution < 1.29 is 71.5 Å². The van der Waals surface area contributed by atoms with Crippen LogP contribution in [0.2, 0.25) is 20.1 Å². The number of hydrogen-bond donors (Lipinski definition) is 0. The molecule has 484 valence electrons. The van der Waals surface area contributed by atoms with Gasteiger partial charge in [0.2, 0.25) is 0 Å². The third-order valence-electron chi connectivity index (χ3n) is 11.7. The molecule has 7 aromatic carbocycles. The largest absolute Gasteiger partial charge is 0.493 e. The zero-order valence-corrected chi connectivity index (χ0v) is 56.7. The molecular formula is C71H82Cl4O15. The van der Waals surface area contributed by atoms with Gasteiger partial charge in [-0.3, -0.25) is 33.6 Å². The fraction of sp³-hybridized carbons (Fsp3) is 0.310. The molecule has 0 bridgehead atoms. The zero-order valence-electron chi connectivity index (χ0n) is 53.7. The second-order valence-corrected chi connectivity index (χ2v) is 22.6. The highest BCUT2D eigenvalue weighted by Crippen LogP contribution is 2.29. The molecule has 0 N–H and O–H groups in total. The normalized spacial score (nSPS) is 10.6. The lowest BCUT2D eigenvalue weighted by Crippen LogP contribution is -2.36. The molecule has 7 rings (SSSR count). The van der Waals surface area contributed by atoms with E-state index in [9.17, 15) is 33.6 Å². The number of carbonyl (C=O) groups is 7. The maximum Gasteiger partial charge on any atom is 0.172 e. The summed E-state index contributed by atoms with van der Waals surface area (Å²) in [6, 6.07) is 53.8. The lowest BCUT2D eigenvalue weighted by atomic mass is 10.1. The number of para-hydroxylation sites is 5. The summed E-state index contributed by atoms with van der Waals surface area (Å²) in [6.45, 7) is 23.0. The van der Waals surface area contributed by atoms with Crippen LogP contribution in [0.1, 0.15) is 96.9 Å². The van der Waals surface area contributed by atoms with Gasteiger partial charge in [-0.25, -0.2) is 0 Å². The number of halogens is 4. The quantitative estimate of drug-likeness (QED) is 0.0621. The van der Waals surface area contributed by atoms with Crippen molar-refractivity contribution in [3.63, 3.8) is 0 Å². The van der Waals surface area contributed by atoms with Crippen molar-refractivity contribution in [2.24, 2.45) is 0 Å². The summed E-state index contributed by atoms with van der Waals surface area (Å²) in [7, 11) is 1.57. The second kappa shape index (κ2) is 41.9. The summed E-state index contributed by atoms with van der Waals surface area (Å²) in [6.07, 6.45) is -0.354. The van der Waals surface area contributed by atoms with Gasteiger partial charge in [0.05, 0.1) is 12.1 Å². The number of Topliss-reactive ketones (excluding diaryl/α,β-unsaturated/α-hetero) is 7. The number of carbonyl (C=O) groups excluding carboxylic acids is 7. The van der Waals surface area contributed by atoms with Gasteiger partial charge >= 0.3 is 0 Å². The average Bonchev–Trinajstić information content (AvgIpc) is 3.58. The van der Waals surface area contributed by atoms with Crippen molar-refractivity contribution in [1.29, 1.82) is 0 Å². The van der Waals surface area contributed by atoms with Crippen LogP contribution in [0, 0.1) is 0 Å². The van der Waals surface area contributed by atoms with Crippen LogP contribution in [-0.4, -0.2) is 90.3 Å². The molecule has 7 aromatic rings. The maximum atomic E-state index is 11.2. The molecule has 0 aliphatic carbocycles. The van der Waals surface area contributed by atoms with Gasteiger partial charge in [0.15, 0.2) is 74.9 Å². The van der Waals surface area contributed by atoms with Crippen molar-refractivity contribution in [3.8, 4) is 46.0 Å². The van der Waals surface area contributed by atoms with E-state index < -0.39 is 16.8 Å². The summed E-state index contributed by atoms with van der Waals surface area (Å²) >= 11 is 23.1. The van der Waals surface area contributed by atoms with Crippen LogP contribution in [0.3, 0.4) is 0 Å². The third-order valence-corrected chi connectivity index (χ3v) is 12.7. The van der Waals surface area contributed by atoms with E-state index in [4.69, 9.17) is 84.3 Å². The van der Waals surface area contributed by atoms with Gasteiger partial charge in [0, 0.05) is 15.1 Å². The van der Waals surface area contributed by atoms with Gasteiger partial charge in [-0.05, 0) is 212 Å². The summed E-state index contributed by atoms with van der Waals surface area (Å²) in [5, 5.41) is 2.42. The smallest absolute Gasteiger partial charge is 0.172 e. The number of rotatable bonds is 22. The van der Waals surface area contributed by atoms with E-state index in [0.29, 0.717) is 54.6 Å². The number of ether oxygens (including phenoxy) is 8. The van der Waals surface area contributed by atoms with Gasteiger partial charge in [0.1, 0.15) is 54.3 Å². The molecule has 0 aromatic heterocycles. The van der Waals surface area contributed by atoms with Crippen molar-refractivity contribution in [3.05, 3.63) is 202 Å². The molecule has 0 aliphatic heterocycles. The van der Waals surface area contributed by atoms with E-state index >= 15 is 0 Å². The minimum Gasteiger partial charge on any atom is -0.493 e. The lowest BCUT2D eigenvalue weighted by Gasteiger charge is -2.23. The van der Waals surface area contributed by atoms with E-state index in [0.717, 1.165) is 11.5 Å². The SMILES string of the molecule is CC(=O)C(C)(C)Oc1ccc(Cl)cc1.CC(=O)C(C)(C)Oc1cccc(Cl)c1.CC(=O)C(C)(C)Oc1ccccc1Cl.CC(=O)C(C)Oc1ccccc1.CC(=O)COc1ccc(Cl)cc1.CC(=O)COc1ccccc1.COc1ccccc1OCC(C)=O. The predicted octanol–water partition coefficient (Wildman–Crippen LogP) is 16.9. The van der Waals surface area contributed by atoms with Crippen molar-refractivity contribution >= 4 is 86.9 Å². The van der Waals surface area contributed by atoms with Gasteiger partial charge in [0.25, 0.3) is 0 Å². The fourth-order valence-electron chi connectivity index (χ4n) is 5.76. The van der Waals surface area contributed by atoms with Crippen molar-refractivity contribution in [2.75, 3.05) is 26.9 Å². The van der Waals surface area contributed by atoms with Crippen LogP contribution in [-0.2, 0) is 33.6 Å². The highest BCUT2D eigenvalue weighted by molar-refractivity contribution is 6.32. The van der Waals surface area contributed by atoms with Gasteiger partial charge in [-0.15, -0.1) is 0 Å². The lowest BCUT2D eigenvalue weighted by molar-refractivity contribution is -0.130. The van der Waals surface area contributed by atoms with E-state index in [2.05, 4.69) is 0 Å². The Hall–Kier alpha value is -8.21. The minimum atomic E-state index is -0.828. The van der Waals surface area contributed by atoms with Crippen LogP contribution in [0.5, 0.6) is 46.0 Å². The molecule has 15 nitrogen and oxygen atoms in total. The Balaban J connectivity index is 0.000000526. The first-order chi connectivity index (χ1) is 42.2. The van der Waals surface area contributed by atoms with Crippen LogP contribution >= 0.6 is 46.4 Å². The van der Waals surface area contributed by atoms with Crippen molar-refractivity contribution in [2.45, 2.75) is 120 Å². The summed E-state index contributed by atoms with van der Waals surface area (Å²) < 4.78 is 42.3. The molecule has 0 saturated carbocycles. The molecule has 0 aliphatic rings. The summed E-state index contributed by atoms with van der Waals surface area (Å²) in [5.41, 5.74) is -2.41. The van der Waals surface area contributed by atoms with Gasteiger partial charge < -0.3 is 37.9 Å². The fourth-order valence-corrected chi connectivity index (χ4v) is 6.37. The minimum absolute atomic E-state index is 0.00458. The maximum absolute atomic E-state index is 11.2. The molecule has 1 atom stereocenters. The molecule has 0 radical (unpaired) electrons. The first-order valence-corrected chi connectivity index (χ1v) is 29.6. The highest BCUT2D eigenvalue weighted by Gasteiger charge is 2.28. The zero-order chi connectivity index (χ0) is 68.0. The number of methoxy groups -OCH3 is 1. The number of hydrogen-bond acceptors (Lipinski definition) is 15. The predicted molar refractivity (Wildman–Crippen MR) is 357 cm³/mol. The molecule has 0 amide bonds. The van der Waals surface area contributed by atoms with E-state index in [-0.39, 0.29) is 66.4 Å². The molecule has 0 spiro atoms. The Morgan fingerprint density at radius 2 is 0.722 bits per heavy atom. The van der Waals surface area contributed by atoms with E-state index in [1.807, 2.05) is 84.9 Å². The van der Waals surface area contributed by atoms with Crippen LogP contribution in [0.25, 0.3) is 0 Å². The topological polar surface area (TPSA) is 193 Å². The first kappa shape index (κ1) is 79.8. The van der Waals surface area contributed by atoms with E-state index in [1.165, 1.54) is 48.5 Å². The standard InChI is InChI=1S/3C11H13ClO2.C10H12O3.C10H12O2.C9H9ClO2.C9H10O2/c1-8(13)11(2,3)14-10-6-4-9(12)5-7-10;1-8(13)11(2,3)14-10-6-4-5-9(12)7-10;1-8(13)11(2,3)14-10-7-5-4-6-9(10)12;1-8(11)7-13-10-6-4-3-5-9(10)12-2;1-8(11)9(2)12-10-6-4-3-5-7-10;1-7(11)6-12-9-4-2-8(10)3-5-9;1-8(10)7-11-9-5-3-2-4-6-9/h3*4-7H,1-3H3;3-6H,7H2,1-2H3;3-7,9H,1-2H3;2-5H,6H2,1H3;2-6H,7H2,1H3. The Morgan fingerprint density at radius 3 is 1.13 bits per heavy atom. The summed E-state index contributed by atoms with van der Waals surface area (Å²) in [5.74, 6) is 5.19. The Labute approximate surface area is 550 Å². The summed E-state index contributed by atoms with van der Waals surface area (Å²) in [4.78, 5) is 76.1. The Morgan fingerprint density at radius 1 is 0.367 bits per heavy atom. The number of benzene rings is 7. The number of ketones is 7. The average molecular weight is 1320 g/mol. The molecule has 0 heterocycles. The molecule has 90 heavy (non-hydrogen) atoms. The Bertz CT molecular complexity index is 3300. The van der Waals surface area contributed by atoms with Gasteiger partial charge in [-0.2, -0.15) is 0 Å². The van der Waals surface area contributed by atoms with Crippen LogP contribution in [0.15, 0.2) is 182 Å². The van der Waals surface area contributed by atoms with Crippen LogP contribution < -0.4 is 37.9 Å². The van der Waals surface area contributed by atoms with E-state index in [1.54, 1.807) is 153 Å². The third kappa shape index (κ3) is 35.7. The second-order valence-electron chi connectivity index (χ2n) is 20.9. The van der Waals surface area contributed by atoms with Crippen LogP contribution in [0.4, 0.5) is 0 Å². The van der Waals surface area contributed by atoms with Crippen molar-refractivity contribution in [1.82, 2.24) is 0 Å². The van der Waals surface area contributed by atoms with Gasteiger partial charge in [-0.1, -0.05) is 113 Å².